The van der Waals surface area contributed by atoms with Gasteiger partial charge >= 0.3 is 11.6 Å². The van der Waals surface area contributed by atoms with Crippen LogP contribution in [0.4, 0.5) is 0 Å². The number of fused-ring (bicyclic) bond motifs is 1. The van der Waals surface area contributed by atoms with Crippen molar-refractivity contribution in [2.45, 2.75) is 6.92 Å². The minimum Gasteiger partial charge on any atom is -0.497 e. The van der Waals surface area contributed by atoms with Crippen molar-refractivity contribution in [1.82, 2.24) is 0 Å². The van der Waals surface area contributed by atoms with Gasteiger partial charge in [-0.05, 0) is 61.0 Å². The van der Waals surface area contributed by atoms with E-state index >= 15 is 0 Å². The summed E-state index contributed by atoms with van der Waals surface area (Å²) in [7, 11) is 3.07. The zero-order chi connectivity index (χ0) is 21.3. The van der Waals surface area contributed by atoms with Gasteiger partial charge in [-0.3, -0.25) is 0 Å². The van der Waals surface area contributed by atoms with Gasteiger partial charge < -0.3 is 23.0 Å². The van der Waals surface area contributed by atoms with Crippen LogP contribution in [-0.2, 0) is 0 Å². The molecule has 0 fully saturated rings. The Bertz CT molecular complexity index is 1280. The summed E-state index contributed by atoms with van der Waals surface area (Å²) in [6, 6.07) is 13.1. The van der Waals surface area contributed by atoms with Crippen LogP contribution in [0.15, 0.2) is 68.4 Å². The largest absolute Gasteiger partial charge is 0.497 e. The molecule has 30 heavy (non-hydrogen) atoms. The van der Waals surface area contributed by atoms with Crippen LogP contribution >= 0.6 is 0 Å². The van der Waals surface area contributed by atoms with E-state index in [1.807, 2.05) is 0 Å². The molecule has 0 aliphatic heterocycles. The van der Waals surface area contributed by atoms with Crippen molar-refractivity contribution in [2.75, 3.05) is 14.2 Å². The predicted octanol–water partition coefficient (Wildman–Crippen LogP) is 4.60. The lowest BCUT2D eigenvalue weighted by Crippen LogP contribution is -2.09. The highest BCUT2D eigenvalue weighted by atomic mass is 16.5. The molecule has 4 aromatic rings. The summed E-state index contributed by atoms with van der Waals surface area (Å²) in [5.41, 5.74) is 1.41. The zero-order valence-corrected chi connectivity index (χ0v) is 16.6. The summed E-state index contributed by atoms with van der Waals surface area (Å²) < 4.78 is 26.7. The molecule has 0 bridgehead atoms. The van der Waals surface area contributed by atoms with E-state index in [-0.39, 0.29) is 5.76 Å². The first-order chi connectivity index (χ1) is 14.5. The third kappa shape index (κ3) is 3.41. The first-order valence-corrected chi connectivity index (χ1v) is 9.07. The molecule has 2 heterocycles. The molecular formula is C23H18O7. The third-order valence-electron chi connectivity index (χ3n) is 4.75. The number of furan rings is 1. The summed E-state index contributed by atoms with van der Waals surface area (Å²) in [5.74, 6) is 0.846. The minimum absolute atomic E-state index is 0.0909. The summed E-state index contributed by atoms with van der Waals surface area (Å²) >= 11 is 0. The number of carbonyl (C=O) groups excluding carboxylic acids is 1. The zero-order valence-electron chi connectivity index (χ0n) is 16.6. The van der Waals surface area contributed by atoms with Crippen LogP contribution in [0.1, 0.15) is 16.1 Å². The van der Waals surface area contributed by atoms with Gasteiger partial charge in [-0.15, -0.1) is 0 Å². The van der Waals surface area contributed by atoms with E-state index in [1.165, 1.54) is 19.4 Å². The van der Waals surface area contributed by atoms with Crippen molar-refractivity contribution in [1.29, 1.82) is 0 Å². The molecule has 2 aromatic heterocycles. The van der Waals surface area contributed by atoms with Gasteiger partial charge in [0.05, 0.1) is 26.0 Å². The van der Waals surface area contributed by atoms with Crippen LogP contribution < -0.4 is 19.8 Å². The van der Waals surface area contributed by atoms with E-state index in [0.29, 0.717) is 44.9 Å². The summed E-state index contributed by atoms with van der Waals surface area (Å²) in [4.78, 5) is 25.0. The summed E-state index contributed by atoms with van der Waals surface area (Å²) in [6.07, 6.45) is 1.39. The number of rotatable bonds is 5. The highest BCUT2D eigenvalue weighted by Crippen LogP contribution is 2.36. The predicted molar refractivity (Wildman–Crippen MR) is 109 cm³/mol. The molecule has 7 nitrogen and oxygen atoms in total. The number of ether oxygens (including phenoxy) is 3. The van der Waals surface area contributed by atoms with E-state index in [2.05, 4.69) is 0 Å². The molecule has 152 valence electrons. The first-order valence-electron chi connectivity index (χ1n) is 9.07. The van der Waals surface area contributed by atoms with Gasteiger partial charge in [-0.2, -0.15) is 0 Å². The van der Waals surface area contributed by atoms with Gasteiger partial charge in [0, 0.05) is 10.9 Å². The van der Waals surface area contributed by atoms with Crippen LogP contribution in [0.3, 0.4) is 0 Å². The Hall–Kier alpha value is -4.00. The van der Waals surface area contributed by atoms with Crippen molar-refractivity contribution in [3.05, 3.63) is 76.5 Å². The maximum Gasteiger partial charge on any atom is 0.379 e. The molecule has 2 aromatic carbocycles. The van der Waals surface area contributed by atoms with E-state index in [4.69, 9.17) is 23.0 Å². The van der Waals surface area contributed by atoms with Crippen molar-refractivity contribution < 1.29 is 27.8 Å². The van der Waals surface area contributed by atoms with E-state index in [0.717, 1.165) is 0 Å². The average molecular weight is 406 g/mol. The Morgan fingerprint density at radius 3 is 2.47 bits per heavy atom. The number of methoxy groups -OCH3 is 2. The topological polar surface area (TPSA) is 88.1 Å². The van der Waals surface area contributed by atoms with E-state index in [1.54, 1.807) is 56.5 Å². The van der Waals surface area contributed by atoms with Gasteiger partial charge in [0.2, 0.25) is 5.76 Å². The molecule has 0 aliphatic rings. The van der Waals surface area contributed by atoms with Gasteiger partial charge in [0.25, 0.3) is 0 Å². The minimum atomic E-state index is -0.621. The van der Waals surface area contributed by atoms with Crippen LogP contribution in [-0.4, -0.2) is 20.2 Å². The molecule has 4 rings (SSSR count). The Kier molecular flexibility index (Phi) is 5.02. The number of benzene rings is 2. The Morgan fingerprint density at radius 1 is 0.967 bits per heavy atom. The molecule has 0 N–H and O–H groups in total. The molecule has 0 unspecified atom stereocenters. The lowest BCUT2D eigenvalue weighted by Gasteiger charge is -2.13. The van der Waals surface area contributed by atoms with Crippen LogP contribution in [0, 0.1) is 6.92 Å². The van der Waals surface area contributed by atoms with E-state index in [9.17, 15) is 9.59 Å². The number of esters is 1. The number of hydrogen-bond acceptors (Lipinski definition) is 7. The van der Waals surface area contributed by atoms with Gasteiger partial charge in [0.1, 0.15) is 22.8 Å². The van der Waals surface area contributed by atoms with Gasteiger partial charge in [-0.25, -0.2) is 9.59 Å². The molecule has 0 radical (unpaired) electrons. The maximum absolute atomic E-state index is 12.8. The fraction of sp³-hybridized carbons (Fsp3) is 0.130. The number of carbonyl (C=O) groups is 1. The van der Waals surface area contributed by atoms with Crippen molar-refractivity contribution in [3.8, 4) is 28.4 Å². The number of aryl methyl sites for hydroxylation is 1. The Labute approximate surface area is 171 Å². The molecule has 0 amide bonds. The third-order valence-corrected chi connectivity index (χ3v) is 4.75. The molecular weight excluding hydrogens is 388 g/mol. The summed E-state index contributed by atoms with van der Waals surface area (Å²) in [5, 5.41) is 0.624. The normalized spacial score (nSPS) is 10.8. The average Bonchev–Trinajstić information content (AvgIpc) is 3.29. The second-order valence-electron chi connectivity index (χ2n) is 6.48. The van der Waals surface area contributed by atoms with Crippen LogP contribution in [0.5, 0.6) is 17.2 Å². The Balaban J connectivity index is 1.84. The number of hydrogen-bond donors (Lipinski definition) is 0. The molecule has 0 spiro atoms. The van der Waals surface area contributed by atoms with Gasteiger partial charge in [-0.1, -0.05) is 0 Å². The molecule has 0 saturated carbocycles. The highest BCUT2D eigenvalue weighted by Gasteiger charge is 2.19. The molecule has 0 aliphatic carbocycles. The first kappa shape index (κ1) is 19.3. The van der Waals surface area contributed by atoms with Crippen LogP contribution in [0.25, 0.3) is 22.1 Å². The Morgan fingerprint density at radius 2 is 1.77 bits per heavy atom. The molecule has 0 atom stereocenters. The lowest BCUT2D eigenvalue weighted by molar-refractivity contribution is 0.0701. The van der Waals surface area contributed by atoms with Crippen molar-refractivity contribution in [3.63, 3.8) is 0 Å². The van der Waals surface area contributed by atoms with Crippen molar-refractivity contribution in [2.24, 2.45) is 0 Å². The fourth-order valence-corrected chi connectivity index (χ4v) is 3.27. The highest BCUT2D eigenvalue weighted by molar-refractivity contribution is 5.91. The summed E-state index contributed by atoms with van der Waals surface area (Å²) in [6.45, 7) is 1.80. The fourth-order valence-electron chi connectivity index (χ4n) is 3.27. The maximum atomic E-state index is 12.8. The standard InChI is InChI=1S/C23H18O7/c1-13-16-12-15(29-22(24)20-5-4-10-28-20)7-9-19(16)30-23(25)21(13)17-11-14(26-2)6-8-18(17)27-3/h4-12H,1-3H3. The monoisotopic (exact) mass is 406 g/mol. The SMILES string of the molecule is COc1ccc(OC)c(-c2c(C)c3cc(OC(=O)c4ccco4)ccc3oc2=O)c1. The molecule has 7 heteroatoms. The second-order valence-corrected chi connectivity index (χ2v) is 6.48. The van der Waals surface area contributed by atoms with Crippen molar-refractivity contribution >= 4 is 16.9 Å². The smallest absolute Gasteiger partial charge is 0.379 e. The quantitative estimate of drug-likeness (QED) is 0.272. The van der Waals surface area contributed by atoms with E-state index < -0.39 is 11.6 Å². The van der Waals surface area contributed by atoms with Crippen LogP contribution in [0.2, 0.25) is 0 Å². The van der Waals surface area contributed by atoms with Gasteiger partial charge in [0.15, 0.2) is 0 Å². The second kappa shape index (κ2) is 7.79. The lowest BCUT2D eigenvalue weighted by atomic mass is 9.98. The molecule has 0 saturated heterocycles.